The van der Waals surface area contributed by atoms with Crippen molar-refractivity contribution in [3.63, 3.8) is 0 Å². The third-order valence-electron chi connectivity index (χ3n) is 5.59. The highest BCUT2D eigenvalue weighted by atomic mass is 35.5. The summed E-state index contributed by atoms with van der Waals surface area (Å²) < 4.78 is 0. The number of fused-ring (bicyclic) bond motifs is 2. The number of nitrogens with zero attached hydrogens (tertiary/aromatic N) is 1. The minimum atomic E-state index is 0. The third-order valence-corrected chi connectivity index (χ3v) is 5.59. The zero-order chi connectivity index (χ0) is 16.5. The highest BCUT2D eigenvalue weighted by Crippen LogP contribution is 2.34. The predicted octanol–water partition coefficient (Wildman–Crippen LogP) is 3.09. The summed E-state index contributed by atoms with van der Waals surface area (Å²) in [6.07, 6.45) is 6.79. The lowest BCUT2D eigenvalue weighted by Gasteiger charge is -2.28. The molecule has 2 bridgehead atoms. The van der Waals surface area contributed by atoms with Crippen molar-refractivity contribution in [3.05, 3.63) is 24.3 Å². The van der Waals surface area contributed by atoms with Crippen LogP contribution in [0.4, 0.5) is 11.4 Å². The second-order valence-electron chi connectivity index (χ2n) is 7.39. The fourth-order valence-electron chi connectivity index (χ4n) is 4.52. The molecular formula is C19H26ClN3O2. The quantitative estimate of drug-likeness (QED) is 0.864. The number of anilines is 2. The molecular weight excluding hydrogens is 338 g/mol. The topological polar surface area (TPSA) is 61.4 Å². The van der Waals surface area contributed by atoms with Gasteiger partial charge in [-0.3, -0.25) is 9.59 Å². The van der Waals surface area contributed by atoms with Gasteiger partial charge >= 0.3 is 0 Å². The summed E-state index contributed by atoms with van der Waals surface area (Å²) in [5.41, 5.74) is 1.59. The van der Waals surface area contributed by atoms with Gasteiger partial charge in [0.15, 0.2) is 0 Å². The fourth-order valence-corrected chi connectivity index (χ4v) is 4.52. The summed E-state index contributed by atoms with van der Waals surface area (Å²) in [6, 6.07) is 8.85. The van der Waals surface area contributed by atoms with Crippen molar-refractivity contribution in [2.75, 3.05) is 16.8 Å². The Hall–Kier alpha value is -1.59. The summed E-state index contributed by atoms with van der Waals surface area (Å²) in [5, 5.41) is 6.67. The Labute approximate surface area is 154 Å². The van der Waals surface area contributed by atoms with Gasteiger partial charge in [0, 0.05) is 31.5 Å². The van der Waals surface area contributed by atoms with Crippen LogP contribution in [0.5, 0.6) is 0 Å². The largest absolute Gasteiger partial charge is 0.324 e. The van der Waals surface area contributed by atoms with Gasteiger partial charge in [-0.1, -0.05) is 12.1 Å². The van der Waals surface area contributed by atoms with Gasteiger partial charge in [-0.15, -0.1) is 12.4 Å². The minimum Gasteiger partial charge on any atom is -0.324 e. The number of carbonyl (C=O) groups is 2. The van der Waals surface area contributed by atoms with Crippen molar-refractivity contribution in [2.45, 2.75) is 57.0 Å². The summed E-state index contributed by atoms with van der Waals surface area (Å²) in [7, 11) is 0. The van der Waals surface area contributed by atoms with Crippen molar-refractivity contribution in [2.24, 2.45) is 5.92 Å². The van der Waals surface area contributed by atoms with E-state index in [1.165, 1.54) is 12.8 Å². The van der Waals surface area contributed by atoms with Gasteiger partial charge in [0.05, 0.1) is 11.4 Å². The lowest BCUT2D eigenvalue weighted by atomic mass is 9.89. The number of para-hydroxylation sites is 2. The molecule has 3 aliphatic rings. The monoisotopic (exact) mass is 363 g/mol. The van der Waals surface area contributed by atoms with Gasteiger partial charge in [-0.05, 0) is 50.2 Å². The van der Waals surface area contributed by atoms with E-state index in [9.17, 15) is 9.59 Å². The van der Waals surface area contributed by atoms with Crippen molar-refractivity contribution in [1.82, 2.24) is 5.32 Å². The molecule has 0 saturated carbocycles. The molecule has 0 spiro atoms. The zero-order valence-electron chi connectivity index (χ0n) is 14.4. The van der Waals surface area contributed by atoms with Crippen molar-refractivity contribution in [3.8, 4) is 0 Å². The number of hydrogen-bond donors (Lipinski definition) is 2. The highest BCUT2D eigenvalue weighted by molar-refractivity contribution is 6.02. The van der Waals surface area contributed by atoms with Crippen LogP contribution >= 0.6 is 12.4 Å². The van der Waals surface area contributed by atoms with Crippen LogP contribution < -0.4 is 15.5 Å². The molecule has 3 aliphatic heterocycles. The van der Waals surface area contributed by atoms with Gasteiger partial charge < -0.3 is 15.5 Å². The predicted molar refractivity (Wildman–Crippen MR) is 101 cm³/mol. The summed E-state index contributed by atoms with van der Waals surface area (Å²) in [4.78, 5) is 26.3. The van der Waals surface area contributed by atoms with E-state index in [0.717, 1.165) is 37.2 Å². The standard InChI is InChI=1S/C19H25N3O2.ClH/c23-18(12-13-10-14-7-8-15(11-13)20-14)21-16-4-1-2-5-17(16)22-9-3-6-19(22)24;/h1-2,4-5,13-15,20H,3,6-12H2,(H,21,23);1H. The molecule has 5 nitrogen and oxygen atoms in total. The molecule has 2 atom stereocenters. The van der Waals surface area contributed by atoms with E-state index < -0.39 is 0 Å². The van der Waals surface area contributed by atoms with Crippen LogP contribution in [0.1, 0.15) is 44.9 Å². The number of nitrogens with one attached hydrogen (secondary N) is 2. The lowest BCUT2D eigenvalue weighted by molar-refractivity contribution is -0.118. The second-order valence-corrected chi connectivity index (χ2v) is 7.39. The third kappa shape index (κ3) is 3.98. The molecule has 3 fully saturated rings. The van der Waals surface area contributed by atoms with Gasteiger partial charge in [-0.25, -0.2) is 0 Å². The van der Waals surface area contributed by atoms with E-state index in [0.29, 0.717) is 30.8 Å². The van der Waals surface area contributed by atoms with Crippen molar-refractivity contribution < 1.29 is 9.59 Å². The molecule has 6 heteroatoms. The first-order chi connectivity index (χ1) is 11.7. The first kappa shape index (κ1) is 18.2. The van der Waals surface area contributed by atoms with Crippen LogP contribution in [0.2, 0.25) is 0 Å². The molecule has 0 aromatic heterocycles. The van der Waals surface area contributed by atoms with Crippen LogP contribution in [0.25, 0.3) is 0 Å². The average Bonchev–Trinajstić information content (AvgIpc) is 3.13. The highest BCUT2D eigenvalue weighted by Gasteiger charge is 2.34. The molecule has 1 aromatic carbocycles. The van der Waals surface area contributed by atoms with E-state index in [1.807, 2.05) is 24.3 Å². The Morgan fingerprint density at radius 2 is 1.92 bits per heavy atom. The Morgan fingerprint density at radius 3 is 2.60 bits per heavy atom. The van der Waals surface area contributed by atoms with Crippen molar-refractivity contribution in [1.29, 1.82) is 0 Å². The molecule has 4 rings (SSSR count). The van der Waals surface area contributed by atoms with E-state index in [-0.39, 0.29) is 24.2 Å². The van der Waals surface area contributed by atoms with Gasteiger partial charge in [-0.2, -0.15) is 0 Å². The number of rotatable bonds is 4. The average molecular weight is 364 g/mol. The van der Waals surface area contributed by atoms with E-state index >= 15 is 0 Å². The second kappa shape index (κ2) is 7.75. The maximum Gasteiger partial charge on any atom is 0.227 e. The molecule has 3 heterocycles. The SMILES string of the molecule is Cl.O=C(CC1CC2CCC(C1)N2)Nc1ccccc1N1CCCC1=O. The number of amides is 2. The first-order valence-electron chi connectivity index (χ1n) is 9.14. The van der Waals surface area contributed by atoms with E-state index in [1.54, 1.807) is 4.90 Å². The molecule has 2 amide bonds. The zero-order valence-corrected chi connectivity index (χ0v) is 15.2. The Bertz CT molecular complexity index is 639. The lowest BCUT2D eigenvalue weighted by Crippen LogP contribution is -2.39. The van der Waals surface area contributed by atoms with Gasteiger partial charge in [0.1, 0.15) is 0 Å². The van der Waals surface area contributed by atoms with Crippen LogP contribution in [0.15, 0.2) is 24.3 Å². The molecule has 2 unspecified atom stereocenters. The van der Waals surface area contributed by atoms with E-state index in [2.05, 4.69) is 10.6 Å². The van der Waals surface area contributed by atoms with Gasteiger partial charge in [0.25, 0.3) is 0 Å². The molecule has 136 valence electrons. The Balaban J connectivity index is 0.00000182. The molecule has 0 aliphatic carbocycles. The Morgan fingerprint density at radius 1 is 1.20 bits per heavy atom. The number of carbonyl (C=O) groups excluding carboxylic acids is 2. The smallest absolute Gasteiger partial charge is 0.227 e. The van der Waals surface area contributed by atoms with Gasteiger partial charge in [0.2, 0.25) is 11.8 Å². The molecule has 1 aromatic rings. The molecule has 3 saturated heterocycles. The van der Waals surface area contributed by atoms with Crippen LogP contribution in [-0.4, -0.2) is 30.4 Å². The normalized spacial score (nSPS) is 27.9. The fraction of sp³-hybridized carbons (Fsp3) is 0.579. The Kier molecular flexibility index (Phi) is 5.64. The maximum atomic E-state index is 12.5. The maximum absolute atomic E-state index is 12.5. The van der Waals surface area contributed by atoms with Crippen molar-refractivity contribution >= 4 is 35.6 Å². The molecule has 2 N–H and O–H groups in total. The summed E-state index contributed by atoms with van der Waals surface area (Å²) in [5.74, 6) is 0.691. The number of halogens is 1. The number of piperidine rings is 1. The van der Waals surface area contributed by atoms with Crippen LogP contribution in [-0.2, 0) is 9.59 Å². The molecule has 0 radical (unpaired) electrons. The van der Waals surface area contributed by atoms with Crippen LogP contribution in [0.3, 0.4) is 0 Å². The first-order valence-corrected chi connectivity index (χ1v) is 9.14. The molecule has 25 heavy (non-hydrogen) atoms. The minimum absolute atomic E-state index is 0. The van der Waals surface area contributed by atoms with Crippen LogP contribution in [0, 0.1) is 5.92 Å². The van der Waals surface area contributed by atoms with E-state index in [4.69, 9.17) is 0 Å². The summed E-state index contributed by atoms with van der Waals surface area (Å²) >= 11 is 0. The number of hydrogen-bond acceptors (Lipinski definition) is 3. The summed E-state index contributed by atoms with van der Waals surface area (Å²) in [6.45, 7) is 0.739. The number of benzene rings is 1.